The van der Waals surface area contributed by atoms with Crippen molar-refractivity contribution >= 4 is 31.4 Å². The molecule has 0 atom stereocenters. The van der Waals surface area contributed by atoms with Crippen LogP contribution >= 0.6 is 0 Å². The van der Waals surface area contributed by atoms with E-state index in [4.69, 9.17) is 0 Å². The lowest BCUT2D eigenvalue weighted by Crippen LogP contribution is -2.30. The molecule has 0 fully saturated rings. The SMILES string of the molecule is O=[N+]([O-])c1ccc(N2S(=O)(=O)c3ccccc3S2(=O)=O)cc1F. The van der Waals surface area contributed by atoms with Crippen molar-refractivity contribution in [2.24, 2.45) is 0 Å². The first-order chi connectivity index (χ1) is 10.7. The Balaban J connectivity index is 2.26. The van der Waals surface area contributed by atoms with E-state index in [0.717, 1.165) is 18.2 Å². The van der Waals surface area contributed by atoms with Crippen LogP contribution < -0.4 is 3.71 Å². The Morgan fingerprint density at radius 3 is 1.91 bits per heavy atom. The topological polar surface area (TPSA) is 115 Å². The van der Waals surface area contributed by atoms with Gasteiger partial charge >= 0.3 is 5.69 Å². The molecule has 0 amide bonds. The number of anilines is 1. The number of benzene rings is 2. The number of hydrogen-bond acceptors (Lipinski definition) is 6. The highest BCUT2D eigenvalue weighted by atomic mass is 32.3. The molecule has 0 radical (unpaired) electrons. The second-order valence-corrected chi connectivity index (χ2v) is 8.29. The molecule has 0 unspecified atom stereocenters. The van der Waals surface area contributed by atoms with Gasteiger partial charge in [0.05, 0.1) is 10.6 Å². The van der Waals surface area contributed by atoms with Gasteiger partial charge in [-0.05, 0) is 18.2 Å². The molecule has 1 heterocycles. The van der Waals surface area contributed by atoms with E-state index in [0.29, 0.717) is 12.1 Å². The number of hydrogen-bond donors (Lipinski definition) is 0. The molecule has 0 bridgehead atoms. The highest BCUT2D eigenvalue weighted by molar-refractivity contribution is 8.12. The van der Waals surface area contributed by atoms with Gasteiger partial charge in [-0.2, -0.15) is 24.9 Å². The van der Waals surface area contributed by atoms with Crippen molar-refractivity contribution < 1.29 is 26.1 Å². The van der Waals surface area contributed by atoms with Crippen LogP contribution in [0, 0.1) is 15.9 Å². The Morgan fingerprint density at radius 1 is 0.957 bits per heavy atom. The first kappa shape index (κ1) is 15.4. The van der Waals surface area contributed by atoms with Crippen LogP contribution in [-0.4, -0.2) is 21.8 Å². The van der Waals surface area contributed by atoms with Gasteiger partial charge in [-0.15, -0.1) is 0 Å². The maximum atomic E-state index is 13.7. The van der Waals surface area contributed by atoms with E-state index in [1.54, 1.807) is 0 Å². The Kier molecular flexibility index (Phi) is 3.16. The minimum Gasteiger partial charge on any atom is -0.258 e. The first-order valence-corrected chi connectivity index (χ1v) is 8.89. The maximum Gasteiger partial charge on any atom is 0.304 e. The normalized spacial score (nSPS) is 17.7. The number of rotatable bonds is 2. The van der Waals surface area contributed by atoms with Gasteiger partial charge in [0.25, 0.3) is 20.0 Å². The summed E-state index contributed by atoms with van der Waals surface area (Å²) in [7, 11) is -8.90. The van der Waals surface area contributed by atoms with Crippen molar-refractivity contribution in [1.82, 2.24) is 0 Å². The Labute approximate surface area is 130 Å². The van der Waals surface area contributed by atoms with Crippen molar-refractivity contribution in [1.29, 1.82) is 0 Å². The summed E-state index contributed by atoms with van der Waals surface area (Å²) < 4.78 is 63.5. The third-order valence-corrected chi connectivity index (χ3v) is 7.61. The Hall–Kier alpha value is -2.53. The quantitative estimate of drug-likeness (QED) is 0.595. The third-order valence-electron chi connectivity index (χ3n) is 3.18. The van der Waals surface area contributed by atoms with Gasteiger partial charge in [0.2, 0.25) is 5.82 Å². The molecule has 0 saturated carbocycles. The zero-order chi connectivity index (χ0) is 17.0. The van der Waals surface area contributed by atoms with Crippen molar-refractivity contribution in [3.63, 3.8) is 0 Å². The Bertz CT molecular complexity index is 996. The van der Waals surface area contributed by atoms with E-state index in [1.165, 1.54) is 12.1 Å². The van der Waals surface area contributed by atoms with Gasteiger partial charge in [0.15, 0.2) is 0 Å². The summed E-state index contributed by atoms with van der Waals surface area (Å²) in [4.78, 5) is 8.74. The van der Waals surface area contributed by atoms with Gasteiger partial charge in [-0.25, -0.2) is 0 Å². The lowest BCUT2D eigenvalue weighted by molar-refractivity contribution is -0.387. The molecule has 0 N–H and O–H groups in total. The average molecular weight is 358 g/mol. The minimum atomic E-state index is -4.45. The fraction of sp³-hybridized carbons (Fsp3) is 0. The second-order valence-electron chi connectivity index (χ2n) is 4.55. The van der Waals surface area contributed by atoms with Crippen molar-refractivity contribution in [2.75, 3.05) is 3.71 Å². The molecule has 3 rings (SSSR count). The number of halogens is 1. The van der Waals surface area contributed by atoms with Crippen LogP contribution in [0.3, 0.4) is 0 Å². The summed E-state index contributed by atoms with van der Waals surface area (Å²) in [5.74, 6) is -1.34. The maximum absolute atomic E-state index is 13.7. The molecule has 1 aliphatic rings. The van der Waals surface area contributed by atoms with Gasteiger partial charge in [0.1, 0.15) is 9.79 Å². The third kappa shape index (κ3) is 2.08. The molecule has 23 heavy (non-hydrogen) atoms. The minimum absolute atomic E-state index is 0.0669. The summed E-state index contributed by atoms with van der Waals surface area (Å²) in [6.45, 7) is 0. The van der Waals surface area contributed by atoms with Crippen molar-refractivity contribution in [3.05, 3.63) is 58.4 Å². The summed E-state index contributed by atoms with van der Waals surface area (Å²) in [6, 6.07) is 7.01. The van der Waals surface area contributed by atoms with Crippen LogP contribution in [-0.2, 0) is 20.0 Å². The van der Waals surface area contributed by atoms with E-state index in [2.05, 4.69) is 0 Å². The molecule has 11 heteroatoms. The fourth-order valence-electron chi connectivity index (χ4n) is 2.22. The summed E-state index contributed by atoms with van der Waals surface area (Å²) in [5, 5.41) is 10.6. The average Bonchev–Trinajstić information content (AvgIpc) is 2.62. The number of nitrogens with zero attached hydrogens (tertiary/aromatic N) is 2. The summed E-state index contributed by atoms with van der Waals surface area (Å²) >= 11 is 0. The highest BCUT2D eigenvalue weighted by Gasteiger charge is 2.47. The van der Waals surface area contributed by atoms with E-state index >= 15 is 0 Å². The van der Waals surface area contributed by atoms with Gasteiger partial charge in [-0.3, -0.25) is 10.1 Å². The number of sulfonamides is 2. The standard InChI is InChI=1S/C12H7FN2O6S2/c13-9-7-8(5-6-10(9)14(16)17)15-22(18,19)11-3-1-2-4-12(11)23(15,20)21/h1-7H. The molecular weight excluding hydrogens is 351 g/mol. The Morgan fingerprint density at radius 2 is 1.48 bits per heavy atom. The van der Waals surface area contributed by atoms with E-state index in [9.17, 15) is 31.3 Å². The van der Waals surface area contributed by atoms with Crippen LogP contribution in [0.1, 0.15) is 0 Å². The number of fused-ring (bicyclic) bond motifs is 1. The van der Waals surface area contributed by atoms with Crippen LogP contribution in [0.25, 0.3) is 0 Å². The highest BCUT2D eigenvalue weighted by Crippen LogP contribution is 2.40. The van der Waals surface area contributed by atoms with Gasteiger partial charge < -0.3 is 0 Å². The molecule has 2 aromatic carbocycles. The van der Waals surface area contributed by atoms with Crippen LogP contribution in [0.2, 0.25) is 0 Å². The molecule has 2 aromatic rings. The van der Waals surface area contributed by atoms with Crippen LogP contribution in [0.4, 0.5) is 15.8 Å². The molecule has 8 nitrogen and oxygen atoms in total. The van der Waals surface area contributed by atoms with Crippen LogP contribution in [0.5, 0.6) is 0 Å². The molecule has 0 saturated heterocycles. The zero-order valence-electron chi connectivity index (χ0n) is 11.1. The monoisotopic (exact) mass is 358 g/mol. The number of nitro groups is 1. The molecule has 1 aliphatic heterocycles. The summed E-state index contributed by atoms with van der Waals surface area (Å²) in [5.41, 5.74) is -1.43. The molecule has 0 aliphatic carbocycles. The number of nitro benzene ring substituents is 1. The van der Waals surface area contributed by atoms with E-state index in [-0.39, 0.29) is 3.71 Å². The van der Waals surface area contributed by atoms with Crippen molar-refractivity contribution in [3.8, 4) is 0 Å². The molecule has 0 aromatic heterocycles. The molecule has 120 valence electrons. The van der Waals surface area contributed by atoms with E-state index < -0.39 is 52.0 Å². The molecule has 0 spiro atoms. The van der Waals surface area contributed by atoms with E-state index in [1.807, 2.05) is 0 Å². The zero-order valence-corrected chi connectivity index (χ0v) is 12.7. The lowest BCUT2D eigenvalue weighted by atomic mass is 10.3. The van der Waals surface area contributed by atoms with Gasteiger partial charge in [0, 0.05) is 12.1 Å². The van der Waals surface area contributed by atoms with Crippen LogP contribution in [0.15, 0.2) is 52.3 Å². The van der Waals surface area contributed by atoms with Gasteiger partial charge in [-0.1, -0.05) is 12.1 Å². The second kappa shape index (κ2) is 4.73. The predicted octanol–water partition coefficient (Wildman–Crippen LogP) is 1.63. The lowest BCUT2D eigenvalue weighted by Gasteiger charge is -2.15. The smallest absolute Gasteiger partial charge is 0.258 e. The largest absolute Gasteiger partial charge is 0.304 e. The predicted molar refractivity (Wildman–Crippen MR) is 76.3 cm³/mol. The van der Waals surface area contributed by atoms with Crippen molar-refractivity contribution in [2.45, 2.75) is 9.79 Å². The first-order valence-electron chi connectivity index (χ1n) is 6.01. The fourth-order valence-corrected chi connectivity index (χ4v) is 6.65. The summed E-state index contributed by atoms with van der Waals surface area (Å²) in [6.07, 6.45) is 0. The molecular formula is C12H7FN2O6S2.